The maximum absolute atomic E-state index is 12.4. The lowest BCUT2D eigenvalue weighted by atomic mass is 9.89. The first kappa shape index (κ1) is 26.3. The minimum Gasteiger partial charge on any atom is -0.383 e. The molecule has 40 heavy (non-hydrogen) atoms. The van der Waals surface area contributed by atoms with Crippen molar-refractivity contribution in [3.63, 3.8) is 0 Å². The van der Waals surface area contributed by atoms with Crippen LogP contribution in [-0.4, -0.2) is 74.8 Å². The van der Waals surface area contributed by atoms with E-state index in [0.717, 1.165) is 48.1 Å². The van der Waals surface area contributed by atoms with Crippen LogP contribution in [0.4, 0.5) is 22.1 Å². The zero-order chi connectivity index (χ0) is 27.6. The predicted octanol–water partition coefficient (Wildman–Crippen LogP) is 4.61. The summed E-state index contributed by atoms with van der Waals surface area (Å²) in [6.07, 6.45) is 9.07. The van der Waals surface area contributed by atoms with Gasteiger partial charge in [0, 0.05) is 68.2 Å². The molecule has 4 N–H and O–H groups in total. The number of carbonyl (C=O) groups excluding carboxylic acids is 1. The van der Waals surface area contributed by atoms with Crippen molar-refractivity contribution < 1.29 is 9.32 Å². The minimum absolute atomic E-state index is 0.378. The van der Waals surface area contributed by atoms with Crippen LogP contribution in [0.3, 0.4) is 0 Å². The number of nitrogens with two attached hydrogens (primary N) is 1. The topological polar surface area (TPSA) is 130 Å². The molecule has 4 heterocycles. The molecule has 0 spiro atoms. The Kier molecular flexibility index (Phi) is 7.40. The molecular weight excluding hydrogens is 506 g/mol. The van der Waals surface area contributed by atoms with Gasteiger partial charge in [0.1, 0.15) is 23.6 Å². The summed E-state index contributed by atoms with van der Waals surface area (Å²) in [7, 11) is 2.21. The number of hydrogen-bond acceptors (Lipinski definition) is 8. The van der Waals surface area contributed by atoms with Crippen molar-refractivity contribution in [1.29, 1.82) is 0 Å². The number of urea groups is 1. The Balaban J connectivity index is 1.17. The fourth-order valence-electron chi connectivity index (χ4n) is 6.04. The van der Waals surface area contributed by atoms with E-state index in [2.05, 4.69) is 53.4 Å². The Morgan fingerprint density at radius 3 is 2.45 bits per heavy atom. The first-order valence-corrected chi connectivity index (χ1v) is 14.2. The standard InChI is InChI=1S/C29H37N9O2/c1-3-23-16-25(35-40-23)34-29(39)33-20-6-4-19(5-7-20)24-17-38(28-26(24)27(30)31-18-32-28)22-10-8-21(9-11-22)37-14-12-36(2)13-15-37/h4-7,16-18,21-22H,3,8-15H2,1-2H3,(H2,30,31,32)(H2,33,34,35,39)/t21-,22-. The molecule has 0 bridgehead atoms. The van der Waals surface area contributed by atoms with Gasteiger partial charge < -0.3 is 25.0 Å². The summed E-state index contributed by atoms with van der Waals surface area (Å²) in [6.45, 7) is 6.60. The van der Waals surface area contributed by atoms with Gasteiger partial charge in [0.2, 0.25) is 0 Å². The van der Waals surface area contributed by atoms with Gasteiger partial charge in [0.15, 0.2) is 5.82 Å². The van der Waals surface area contributed by atoms with Crippen molar-refractivity contribution in [2.75, 3.05) is 49.6 Å². The molecule has 0 atom stereocenters. The van der Waals surface area contributed by atoms with Gasteiger partial charge in [-0.2, -0.15) is 0 Å². The number of piperazine rings is 1. The quantitative estimate of drug-likeness (QED) is 0.322. The average molecular weight is 544 g/mol. The van der Waals surface area contributed by atoms with Crippen LogP contribution >= 0.6 is 0 Å². The fraction of sp³-hybridized carbons (Fsp3) is 0.448. The van der Waals surface area contributed by atoms with Gasteiger partial charge >= 0.3 is 6.03 Å². The van der Waals surface area contributed by atoms with E-state index in [9.17, 15) is 4.79 Å². The van der Waals surface area contributed by atoms with Gasteiger partial charge in [-0.05, 0) is 50.4 Å². The number of benzene rings is 1. The van der Waals surface area contributed by atoms with Crippen LogP contribution in [-0.2, 0) is 6.42 Å². The number of nitrogen functional groups attached to an aromatic ring is 1. The molecule has 3 aromatic heterocycles. The molecule has 11 heteroatoms. The van der Waals surface area contributed by atoms with Gasteiger partial charge in [-0.1, -0.05) is 24.2 Å². The average Bonchev–Trinajstić information content (AvgIpc) is 3.59. The third-order valence-corrected chi connectivity index (χ3v) is 8.36. The predicted molar refractivity (Wildman–Crippen MR) is 156 cm³/mol. The molecule has 1 aliphatic heterocycles. The van der Waals surface area contributed by atoms with E-state index in [4.69, 9.17) is 10.3 Å². The smallest absolute Gasteiger partial charge is 0.324 e. The lowest BCUT2D eigenvalue weighted by molar-refractivity contribution is 0.0828. The van der Waals surface area contributed by atoms with E-state index in [1.165, 1.54) is 25.9 Å². The normalized spacial score (nSPS) is 20.6. The first-order valence-electron chi connectivity index (χ1n) is 14.2. The van der Waals surface area contributed by atoms with E-state index in [0.29, 0.717) is 41.6 Å². The zero-order valence-corrected chi connectivity index (χ0v) is 23.1. The maximum Gasteiger partial charge on any atom is 0.324 e. The maximum atomic E-state index is 12.4. The zero-order valence-electron chi connectivity index (χ0n) is 23.1. The SMILES string of the molecule is CCc1cc(NC(=O)Nc2ccc(-c3cn([C@H]4CC[C@H](N5CCN(C)CC5)CC4)c4ncnc(N)c34)cc2)no1. The number of rotatable bonds is 6. The number of hydrogen-bond donors (Lipinski definition) is 3. The molecule has 2 amide bonds. The van der Waals surface area contributed by atoms with Crippen LogP contribution in [0.2, 0.25) is 0 Å². The molecule has 0 radical (unpaired) electrons. The first-order chi connectivity index (χ1) is 19.5. The van der Waals surface area contributed by atoms with Gasteiger partial charge in [-0.25, -0.2) is 14.8 Å². The second-order valence-corrected chi connectivity index (χ2v) is 10.9. The van der Waals surface area contributed by atoms with Gasteiger partial charge in [0.25, 0.3) is 0 Å². The molecule has 0 unspecified atom stereocenters. The Morgan fingerprint density at radius 1 is 1.02 bits per heavy atom. The molecule has 2 aliphatic rings. The summed E-state index contributed by atoms with van der Waals surface area (Å²) in [4.78, 5) is 26.5. The van der Waals surface area contributed by atoms with Gasteiger partial charge in [0.05, 0.1) is 5.39 Å². The summed E-state index contributed by atoms with van der Waals surface area (Å²) in [5.74, 6) is 1.57. The second kappa shape index (κ2) is 11.3. The van der Waals surface area contributed by atoms with Crippen molar-refractivity contribution >= 4 is 34.4 Å². The number of anilines is 3. The highest BCUT2D eigenvalue weighted by Gasteiger charge is 2.30. The molecular formula is C29H37N9O2. The number of aryl methyl sites for hydroxylation is 1. The molecule has 1 aromatic carbocycles. The molecule has 1 aliphatic carbocycles. The lowest BCUT2D eigenvalue weighted by Gasteiger charge is -2.41. The highest BCUT2D eigenvalue weighted by molar-refractivity contribution is 6.02. The number of amides is 2. The lowest BCUT2D eigenvalue weighted by Crippen LogP contribution is -2.49. The molecule has 4 aromatic rings. The van der Waals surface area contributed by atoms with E-state index in [1.54, 1.807) is 12.4 Å². The van der Waals surface area contributed by atoms with Crippen molar-refractivity contribution in [3.05, 3.63) is 48.6 Å². The summed E-state index contributed by atoms with van der Waals surface area (Å²) in [5.41, 5.74) is 9.93. The summed E-state index contributed by atoms with van der Waals surface area (Å²) < 4.78 is 7.45. The minimum atomic E-state index is -0.384. The summed E-state index contributed by atoms with van der Waals surface area (Å²) in [5, 5.41) is 10.3. The highest BCUT2D eigenvalue weighted by atomic mass is 16.5. The van der Waals surface area contributed by atoms with Crippen molar-refractivity contribution in [3.8, 4) is 11.1 Å². The Hall–Kier alpha value is -3.96. The van der Waals surface area contributed by atoms with Gasteiger partial charge in [-0.3, -0.25) is 10.2 Å². The molecule has 210 valence electrons. The van der Waals surface area contributed by atoms with Crippen molar-refractivity contribution in [1.82, 2.24) is 29.5 Å². The van der Waals surface area contributed by atoms with E-state index in [1.807, 2.05) is 31.2 Å². The number of likely N-dealkylation sites (N-methyl/N-ethyl adjacent to an activating group) is 1. The van der Waals surface area contributed by atoms with Crippen LogP contribution in [0.5, 0.6) is 0 Å². The molecule has 1 saturated heterocycles. The number of fused-ring (bicyclic) bond motifs is 1. The molecule has 11 nitrogen and oxygen atoms in total. The highest BCUT2D eigenvalue weighted by Crippen LogP contribution is 2.39. The van der Waals surface area contributed by atoms with Crippen LogP contribution in [0, 0.1) is 0 Å². The number of carbonyl (C=O) groups is 1. The third-order valence-electron chi connectivity index (χ3n) is 8.36. The van der Waals surface area contributed by atoms with Crippen molar-refractivity contribution in [2.24, 2.45) is 0 Å². The van der Waals surface area contributed by atoms with Crippen LogP contribution in [0.15, 0.2) is 47.4 Å². The Labute approximate surface area is 233 Å². The summed E-state index contributed by atoms with van der Waals surface area (Å²) >= 11 is 0. The van der Waals surface area contributed by atoms with Crippen LogP contribution in [0.1, 0.15) is 44.4 Å². The molecule has 1 saturated carbocycles. The third kappa shape index (κ3) is 5.39. The number of aromatic nitrogens is 4. The molecule has 6 rings (SSSR count). The van der Waals surface area contributed by atoms with Crippen LogP contribution < -0.4 is 16.4 Å². The van der Waals surface area contributed by atoms with E-state index >= 15 is 0 Å². The Bertz CT molecular complexity index is 1460. The molecule has 2 fully saturated rings. The fourth-order valence-corrected chi connectivity index (χ4v) is 6.04. The summed E-state index contributed by atoms with van der Waals surface area (Å²) in [6, 6.07) is 10.1. The van der Waals surface area contributed by atoms with E-state index in [-0.39, 0.29) is 6.03 Å². The van der Waals surface area contributed by atoms with Crippen molar-refractivity contribution in [2.45, 2.75) is 51.1 Å². The number of nitrogens with one attached hydrogen (secondary N) is 2. The van der Waals surface area contributed by atoms with Gasteiger partial charge in [-0.15, -0.1) is 0 Å². The van der Waals surface area contributed by atoms with E-state index < -0.39 is 0 Å². The second-order valence-electron chi connectivity index (χ2n) is 10.9. The monoisotopic (exact) mass is 543 g/mol. The Morgan fingerprint density at radius 2 is 1.75 bits per heavy atom. The largest absolute Gasteiger partial charge is 0.383 e. The number of nitrogens with zero attached hydrogens (tertiary/aromatic N) is 6. The van der Waals surface area contributed by atoms with Crippen LogP contribution in [0.25, 0.3) is 22.2 Å².